The number of anilines is 2. The van der Waals surface area contributed by atoms with Crippen LogP contribution in [0, 0.1) is 5.92 Å². The Bertz CT molecular complexity index is 1250. The van der Waals surface area contributed by atoms with Gasteiger partial charge in [0, 0.05) is 25.8 Å². The van der Waals surface area contributed by atoms with Crippen molar-refractivity contribution in [1.29, 1.82) is 0 Å². The van der Waals surface area contributed by atoms with E-state index in [0.717, 1.165) is 16.0 Å². The SMILES string of the molecule is CCOc1ccc(N2C[C@@H](C)Cn3c2nc2c3c(=O)n(CC(=O)OC)c(=O)n2C)cc1. The van der Waals surface area contributed by atoms with Crippen LogP contribution in [0.1, 0.15) is 13.8 Å². The van der Waals surface area contributed by atoms with Gasteiger partial charge >= 0.3 is 11.7 Å². The Labute approximate surface area is 178 Å². The molecule has 10 heteroatoms. The van der Waals surface area contributed by atoms with Crippen molar-refractivity contribution in [3.63, 3.8) is 0 Å². The lowest BCUT2D eigenvalue weighted by Gasteiger charge is -2.33. The number of aryl methyl sites for hydroxylation is 1. The van der Waals surface area contributed by atoms with Crippen LogP contribution in [0.2, 0.25) is 0 Å². The Balaban J connectivity index is 1.90. The molecule has 164 valence electrons. The molecule has 1 atom stereocenters. The third kappa shape index (κ3) is 3.47. The number of rotatable bonds is 5. The van der Waals surface area contributed by atoms with Gasteiger partial charge in [-0.25, -0.2) is 9.36 Å². The molecule has 1 aliphatic rings. The van der Waals surface area contributed by atoms with Crippen LogP contribution in [-0.4, -0.2) is 44.9 Å². The molecule has 3 heterocycles. The number of imidazole rings is 1. The highest BCUT2D eigenvalue weighted by Gasteiger charge is 2.30. The van der Waals surface area contributed by atoms with E-state index in [1.54, 1.807) is 7.05 Å². The van der Waals surface area contributed by atoms with Crippen LogP contribution < -0.4 is 20.9 Å². The molecule has 0 saturated carbocycles. The molecule has 0 N–H and O–H groups in total. The summed E-state index contributed by atoms with van der Waals surface area (Å²) in [5.74, 6) is 0.918. The van der Waals surface area contributed by atoms with E-state index in [0.29, 0.717) is 31.2 Å². The van der Waals surface area contributed by atoms with Crippen LogP contribution >= 0.6 is 0 Å². The molecule has 0 aliphatic carbocycles. The maximum atomic E-state index is 13.2. The van der Waals surface area contributed by atoms with Gasteiger partial charge in [-0.1, -0.05) is 6.92 Å². The molecular formula is C21H25N5O5. The lowest BCUT2D eigenvalue weighted by Crippen LogP contribution is -2.42. The zero-order chi connectivity index (χ0) is 22.3. The molecule has 0 radical (unpaired) electrons. The molecule has 2 aromatic heterocycles. The fraction of sp³-hybridized carbons (Fsp3) is 0.429. The molecular weight excluding hydrogens is 402 g/mol. The Morgan fingerprint density at radius 3 is 2.55 bits per heavy atom. The number of esters is 1. The zero-order valence-corrected chi connectivity index (χ0v) is 18.0. The first-order valence-corrected chi connectivity index (χ1v) is 10.1. The number of carbonyl (C=O) groups is 1. The molecule has 0 amide bonds. The average molecular weight is 427 g/mol. The van der Waals surface area contributed by atoms with Gasteiger partial charge in [0.05, 0.1) is 13.7 Å². The number of aromatic nitrogens is 4. The molecule has 3 aromatic rings. The summed E-state index contributed by atoms with van der Waals surface area (Å²) in [6, 6.07) is 7.68. The number of ether oxygens (including phenoxy) is 2. The van der Waals surface area contributed by atoms with Crippen molar-refractivity contribution in [2.45, 2.75) is 26.9 Å². The topological polar surface area (TPSA) is 101 Å². The van der Waals surface area contributed by atoms with Crippen molar-refractivity contribution in [3.05, 3.63) is 45.1 Å². The van der Waals surface area contributed by atoms with E-state index in [1.165, 1.54) is 11.7 Å². The highest BCUT2D eigenvalue weighted by atomic mass is 16.5. The number of benzene rings is 1. The van der Waals surface area contributed by atoms with Gasteiger partial charge < -0.3 is 18.9 Å². The second-order valence-electron chi connectivity index (χ2n) is 7.65. The van der Waals surface area contributed by atoms with Crippen LogP contribution in [-0.2, 0) is 29.7 Å². The highest BCUT2D eigenvalue weighted by molar-refractivity contribution is 5.77. The second kappa shape index (κ2) is 7.93. The summed E-state index contributed by atoms with van der Waals surface area (Å²) in [5.41, 5.74) is 0.327. The van der Waals surface area contributed by atoms with E-state index in [-0.39, 0.29) is 11.6 Å². The van der Waals surface area contributed by atoms with E-state index >= 15 is 0 Å². The number of hydrogen-bond donors (Lipinski definition) is 0. The van der Waals surface area contributed by atoms with E-state index in [9.17, 15) is 14.4 Å². The van der Waals surface area contributed by atoms with Crippen LogP contribution in [0.4, 0.5) is 11.6 Å². The first kappa shape index (κ1) is 20.7. The third-order valence-electron chi connectivity index (χ3n) is 5.42. The molecule has 0 fully saturated rings. The molecule has 31 heavy (non-hydrogen) atoms. The van der Waals surface area contributed by atoms with Gasteiger partial charge in [0.2, 0.25) is 5.95 Å². The Kier molecular flexibility index (Phi) is 5.30. The van der Waals surface area contributed by atoms with Crippen molar-refractivity contribution >= 4 is 28.8 Å². The quantitative estimate of drug-likeness (QED) is 0.565. The number of nitrogens with zero attached hydrogens (tertiary/aromatic N) is 5. The summed E-state index contributed by atoms with van der Waals surface area (Å²) in [5, 5.41) is 0. The summed E-state index contributed by atoms with van der Waals surface area (Å²) < 4.78 is 14.2. The van der Waals surface area contributed by atoms with E-state index in [2.05, 4.69) is 16.6 Å². The summed E-state index contributed by atoms with van der Waals surface area (Å²) in [7, 11) is 2.76. The molecule has 4 rings (SSSR count). The fourth-order valence-corrected chi connectivity index (χ4v) is 3.94. The lowest BCUT2D eigenvalue weighted by molar-refractivity contribution is -0.141. The standard InChI is InChI=1S/C21H25N5O5/c1-5-31-15-8-6-14(7-9-15)24-10-13(2)11-25-17-18(22-20(24)25)23(3)21(29)26(19(17)28)12-16(27)30-4/h6-9,13H,5,10-12H2,1-4H3/t13-/m1/s1. The van der Waals surface area contributed by atoms with Crippen molar-refractivity contribution in [2.75, 3.05) is 25.2 Å². The number of carbonyl (C=O) groups excluding carboxylic acids is 1. The summed E-state index contributed by atoms with van der Waals surface area (Å²) in [6.07, 6.45) is 0. The normalized spacial score (nSPS) is 15.7. The molecule has 1 aliphatic heterocycles. The second-order valence-corrected chi connectivity index (χ2v) is 7.65. The zero-order valence-electron chi connectivity index (χ0n) is 18.0. The minimum Gasteiger partial charge on any atom is -0.494 e. The predicted octanol–water partition coefficient (Wildman–Crippen LogP) is 1.26. The largest absolute Gasteiger partial charge is 0.494 e. The maximum absolute atomic E-state index is 13.2. The van der Waals surface area contributed by atoms with Crippen LogP contribution in [0.15, 0.2) is 33.9 Å². The van der Waals surface area contributed by atoms with Gasteiger partial charge in [-0.05, 0) is 37.1 Å². The minimum absolute atomic E-state index is 0.224. The molecule has 0 saturated heterocycles. The molecule has 1 aromatic carbocycles. The average Bonchev–Trinajstić information content (AvgIpc) is 3.14. The number of fused-ring (bicyclic) bond motifs is 3. The molecule has 0 spiro atoms. The van der Waals surface area contributed by atoms with Gasteiger partial charge in [0.25, 0.3) is 5.56 Å². The first-order chi connectivity index (χ1) is 14.8. The summed E-state index contributed by atoms with van der Waals surface area (Å²) >= 11 is 0. The number of hydrogen-bond acceptors (Lipinski definition) is 7. The van der Waals surface area contributed by atoms with Crippen LogP contribution in [0.3, 0.4) is 0 Å². The third-order valence-corrected chi connectivity index (χ3v) is 5.42. The van der Waals surface area contributed by atoms with Crippen molar-refractivity contribution in [2.24, 2.45) is 13.0 Å². The molecule has 10 nitrogen and oxygen atoms in total. The molecule has 0 unspecified atom stereocenters. The smallest absolute Gasteiger partial charge is 0.333 e. The van der Waals surface area contributed by atoms with Gasteiger partial charge in [0.15, 0.2) is 11.2 Å². The summed E-state index contributed by atoms with van der Waals surface area (Å²) in [4.78, 5) is 44.4. The number of methoxy groups -OCH3 is 1. The van der Waals surface area contributed by atoms with Crippen molar-refractivity contribution in [1.82, 2.24) is 18.7 Å². The fourth-order valence-electron chi connectivity index (χ4n) is 3.94. The van der Waals surface area contributed by atoms with Gasteiger partial charge in [-0.2, -0.15) is 4.98 Å². The van der Waals surface area contributed by atoms with Gasteiger partial charge in [0.1, 0.15) is 12.3 Å². The van der Waals surface area contributed by atoms with E-state index < -0.39 is 23.8 Å². The lowest BCUT2D eigenvalue weighted by atomic mass is 10.1. The Morgan fingerprint density at radius 2 is 1.90 bits per heavy atom. The monoisotopic (exact) mass is 427 g/mol. The first-order valence-electron chi connectivity index (χ1n) is 10.1. The Hall–Kier alpha value is -3.56. The van der Waals surface area contributed by atoms with Crippen LogP contribution in [0.25, 0.3) is 11.2 Å². The van der Waals surface area contributed by atoms with Crippen molar-refractivity contribution in [3.8, 4) is 5.75 Å². The van der Waals surface area contributed by atoms with Gasteiger partial charge in [-0.15, -0.1) is 0 Å². The van der Waals surface area contributed by atoms with Crippen molar-refractivity contribution < 1.29 is 14.3 Å². The van der Waals surface area contributed by atoms with Gasteiger partial charge in [-0.3, -0.25) is 14.2 Å². The Morgan fingerprint density at radius 1 is 1.19 bits per heavy atom. The van der Waals surface area contributed by atoms with E-state index in [1.807, 2.05) is 40.7 Å². The minimum atomic E-state index is -0.665. The molecule has 0 bridgehead atoms. The summed E-state index contributed by atoms with van der Waals surface area (Å²) in [6.45, 7) is 5.44. The predicted molar refractivity (Wildman–Crippen MR) is 115 cm³/mol. The maximum Gasteiger partial charge on any atom is 0.333 e. The van der Waals surface area contributed by atoms with E-state index in [4.69, 9.17) is 4.74 Å². The highest BCUT2D eigenvalue weighted by Crippen LogP contribution is 2.33. The van der Waals surface area contributed by atoms with Crippen LogP contribution in [0.5, 0.6) is 5.75 Å².